The first-order chi connectivity index (χ1) is 28.7. The van der Waals surface area contributed by atoms with Gasteiger partial charge in [0.15, 0.2) is 17.5 Å². The first kappa shape index (κ1) is 33.2. The minimum Gasteiger partial charge on any atom is -0.485 e. The Bertz CT molecular complexity index is 2920. The first-order valence-electron chi connectivity index (χ1n) is 19.7. The molecule has 7 aromatic carbocycles. The molecule has 1 aromatic heterocycles. The van der Waals surface area contributed by atoms with E-state index < -0.39 is 5.41 Å². The number of allylic oxidation sites excluding steroid dienone is 2. The molecule has 8 aromatic rings. The third-order valence-electron chi connectivity index (χ3n) is 11.9. The molecular formula is C52H34N4OS. The molecular weight excluding hydrogens is 729 g/mol. The van der Waals surface area contributed by atoms with Gasteiger partial charge in [0.1, 0.15) is 11.9 Å². The molecule has 0 saturated carbocycles. The van der Waals surface area contributed by atoms with Gasteiger partial charge in [-0.2, -0.15) is 0 Å². The summed E-state index contributed by atoms with van der Waals surface area (Å²) in [6.07, 6.45) is 7.43. The van der Waals surface area contributed by atoms with Crippen molar-refractivity contribution in [1.29, 1.82) is 0 Å². The Labute approximate surface area is 341 Å². The number of aromatic nitrogens is 3. The van der Waals surface area contributed by atoms with Crippen LogP contribution in [0.5, 0.6) is 5.75 Å². The van der Waals surface area contributed by atoms with E-state index in [1.165, 1.54) is 49.0 Å². The lowest BCUT2D eigenvalue weighted by molar-refractivity contribution is 0.205. The molecule has 3 heterocycles. The van der Waals surface area contributed by atoms with Crippen molar-refractivity contribution in [3.8, 4) is 51.0 Å². The predicted octanol–water partition coefficient (Wildman–Crippen LogP) is 12.8. The van der Waals surface area contributed by atoms with E-state index in [0.717, 1.165) is 40.1 Å². The fourth-order valence-corrected chi connectivity index (χ4v) is 10.4. The number of rotatable bonds is 4. The van der Waals surface area contributed by atoms with Gasteiger partial charge >= 0.3 is 0 Å². The van der Waals surface area contributed by atoms with Crippen LogP contribution in [0.2, 0.25) is 0 Å². The maximum atomic E-state index is 6.86. The van der Waals surface area contributed by atoms with Crippen LogP contribution >= 0.6 is 11.8 Å². The number of hydrogen-bond donors (Lipinski definition) is 0. The molecule has 0 fully saturated rings. The summed E-state index contributed by atoms with van der Waals surface area (Å²) < 4.78 is 6.86. The molecule has 0 N–H and O–H groups in total. The molecule has 0 saturated heterocycles. The van der Waals surface area contributed by atoms with Crippen LogP contribution in [0.3, 0.4) is 0 Å². The lowest BCUT2D eigenvalue weighted by Crippen LogP contribution is -2.42. The van der Waals surface area contributed by atoms with Gasteiger partial charge in [-0.3, -0.25) is 0 Å². The second-order valence-corrected chi connectivity index (χ2v) is 16.1. The average Bonchev–Trinajstić information content (AvgIpc) is 3.59. The van der Waals surface area contributed by atoms with E-state index in [1.54, 1.807) is 0 Å². The summed E-state index contributed by atoms with van der Waals surface area (Å²) in [5.74, 6) is 2.74. The molecule has 5 nitrogen and oxygen atoms in total. The van der Waals surface area contributed by atoms with Gasteiger partial charge in [-0.15, -0.1) is 0 Å². The molecule has 2 aliphatic heterocycles. The van der Waals surface area contributed by atoms with Gasteiger partial charge in [-0.1, -0.05) is 133 Å². The number of fused-ring (bicyclic) bond motifs is 11. The van der Waals surface area contributed by atoms with Gasteiger partial charge in [0.05, 0.1) is 16.8 Å². The highest BCUT2D eigenvalue weighted by molar-refractivity contribution is 7.99. The maximum Gasteiger partial charge on any atom is 0.164 e. The summed E-state index contributed by atoms with van der Waals surface area (Å²) in [6.45, 7) is 0. The summed E-state index contributed by atoms with van der Waals surface area (Å²) in [4.78, 5) is 20.3. The molecule has 6 heteroatoms. The molecule has 0 radical (unpaired) electrons. The monoisotopic (exact) mass is 762 g/mol. The van der Waals surface area contributed by atoms with Gasteiger partial charge in [0, 0.05) is 44.2 Å². The van der Waals surface area contributed by atoms with Crippen LogP contribution in [0.25, 0.3) is 45.3 Å². The highest BCUT2D eigenvalue weighted by Crippen LogP contribution is 2.62. The number of ether oxygens (including phenoxy) is 1. The molecule has 274 valence electrons. The van der Waals surface area contributed by atoms with Crippen LogP contribution < -0.4 is 9.64 Å². The van der Waals surface area contributed by atoms with Gasteiger partial charge in [-0.05, 0) is 94.6 Å². The topological polar surface area (TPSA) is 51.1 Å². The fraction of sp³-hybridized carbons (Fsp3) is 0.0577. The highest BCUT2D eigenvalue weighted by Gasteiger charge is 2.53. The third kappa shape index (κ3) is 4.95. The quantitative estimate of drug-likeness (QED) is 0.178. The molecule has 1 unspecified atom stereocenters. The highest BCUT2D eigenvalue weighted by atomic mass is 32.2. The molecule has 0 bridgehead atoms. The maximum absolute atomic E-state index is 6.86. The Balaban J connectivity index is 1.02. The van der Waals surface area contributed by atoms with Crippen LogP contribution in [0.4, 0.5) is 17.1 Å². The number of anilines is 3. The van der Waals surface area contributed by atoms with Crippen LogP contribution in [-0.4, -0.2) is 21.1 Å². The van der Waals surface area contributed by atoms with E-state index >= 15 is 0 Å². The van der Waals surface area contributed by atoms with Gasteiger partial charge < -0.3 is 9.64 Å². The van der Waals surface area contributed by atoms with Gasteiger partial charge in [0.2, 0.25) is 0 Å². The summed E-state index contributed by atoms with van der Waals surface area (Å²) >= 11 is 1.81. The Morgan fingerprint density at radius 2 is 1.09 bits per heavy atom. The number of benzene rings is 7. The van der Waals surface area contributed by atoms with Crippen molar-refractivity contribution in [3.05, 3.63) is 210 Å². The summed E-state index contributed by atoms with van der Waals surface area (Å²) in [6, 6.07) is 60.2. The average molecular weight is 763 g/mol. The standard InChI is InChI=1S/C52H34N4OS/c1-2-14-33(15-3-1)49-53-50(34-26-29-36(30-27-34)56-43-21-9-12-24-47(43)58-48-25-13-10-22-44(48)56)55-51(54-49)35-28-31-46-42(32-35)52(41-20-8-11-23-45(41)57-46)39-18-6-4-16-37(39)38-17-5-7-19-40(38)52/h1-22,24-32,45H,23H2. The van der Waals surface area contributed by atoms with Crippen molar-refractivity contribution in [3.63, 3.8) is 0 Å². The van der Waals surface area contributed by atoms with Crippen LogP contribution in [0.1, 0.15) is 23.1 Å². The zero-order valence-electron chi connectivity index (χ0n) is 31.3. The van der Waals surface area contributed by atoms with E-state index in [9.17, 15) is 0 Å². The minimum atomic E-state index is -0.523. The van der Waals surface area contributed by atoms with E-state index in [2.05, 4.69) is 175 Å². The zero-order valence-corrected chi connectivity index (χ0v) is 32.1. The van der Waals surface area contributed by atoms with Crippen molar-refractivity contribution in [2.24, 2.45) is 0 Å². The predicted molar refractivity (Wildman–Crippen MR) is 233 cm³/mol. The van der Waals surface area contributed by atoms with Crippen molar-refractivity contribution in [2.45, 2.75) is 27.7 Å². The van der Waals surface area contributed by atoms with E-state index in [4.69, 9.17) is 19.7 Å². The van der Waals surface area contributed by atoms with Crippen molar-refractivity contribution in [2.75, 3.05) is 4.90 Å². The SMILES string of the molecule is C1=CCC2Oc3ccc(-c4nc(-c5ccccc5)nc(-c5ccc(N6c7ccccc7Sc7ccccc76)cc5)n4)cc3C3(C2=C1)c1ccccc1-c1ccccc13. The summed E-state index contributed by atoms with van der Waals surface area (Å²) in [5.41, 5.74) is 13.1. The van der Waals surface area contributed by atoms with E-state index in [-0.39, 0.29) is 6.10 Å². The van der Waals surface area contributed by atoms with Crippen molar-refractivity contribution in [1.82, 2.24) is 15.0 Å². The van der Waals surface area contributed by atoms with Gasteiger partial charge in [-0.25, -0.2) is 15.0 Å². The molecule has 12 rings (SSSR count). The third-order valence-corrected chi connectivity index (χ3v) is 13.0. The summed E-state index contributed by atoms with van der Waals surface area (Å²) in [7, 11) is 0. The lowest BCUT2D eigenvalue weighted by Gasteiger charge is -2.45. The molecule has 0 amide bonds. The Morgan fingerprint density at radius 1 is 0.534 bits per heavy atom. The summed E-state index contributed by atoms with van der Waals surface area (Å²) in [5, 5.41) is 0. The molecule has 58 heavy (non-hydrogen) atoms. The largest absolute Gasteiger partial charge is 0.485 e. The molecule has 1 spiro atoms. The molecule has 1 atom stereocenters. The first-order valence-corrected chi connectivity index (χ1v) is 20.5. The Morgan fingerprint density at radius 3 is 1.76 bits per heavy atom. The lowest BCUT2D eigenvalue weighted by atomic mass is 9.63. The van der Waals surface area contributed by atoms with Crippen LogP contribution in [-0.2, 0) is 5.41 Å². The number of para-hydroxylation sites is 2. The van der Waals surface area contributed by atoms with E-state index in [0.29, 0.717) is 17.5 Å². The number of hydrogen-bond acceptors (Lipinski definition) is 6. The molecule has 2 aliphatic carbocycles. The van der Waals surface area contributed by atoms with E-state index in [1.807, 2.05) is 30.0 Å². The van der Waals surface area contributed by atoms with Crippen molar-refractivity contribution >= 4 is 28.8 Å². The zero-order chi connectivity index (χ0) is 38.2. The van der Waals surface area contributed by atoms with Crippen molar-refractivity contribution < 1.29 is 4.74 Å². The van der Waals surface area contributed by atoms with Gasteiger partial charge in [0.25, 0.3) is 0 Å². The molecule has 4 aliphatic rings. The van der Waals surface area contributed by atoms with Crippen LogP contribution in [0.15, 0.2) is 203 Å². The Hall–Kier alpha value is -7.02. The number of nitrogens with zero attached hydrogens (tertiary/aromatic N) is 4. The normalized spacial score (nSPS) is 16.2. The second kappa shape index (κ2) is 13.0. The Kier molecular flexibility index (Phi) is 7.44. The fourth-order valence-electron chi connectivity index (χ4n) is 9.39. The smallest absolute Gasteiger partial charge is 0.164 e. The van der Waals surface area contributed by atoms with Crippen LogP contribution in [0, 0.1) is 0 Å². The minimum absolute atomic E-state index is 0.0651. The second-order valence-electron chi connectivity index (χ2n) is 15.0.